The fraction of sp³-hybridized carbons (Fsp3) is 0.600. The molecule has 4 heteroatoms. The van der Waals surface area contributed by atoms with E-state index in [-0.39, 0.29) is 0 Å². The second-order valence-corrected chi connectivity index (χ2v) is 5.13. The first-order valence-electron chi connectivity index (χ1n) is 7.38. The van der Waals surface area contributed by atoms with E-state index in [1.165, 1.54) is 44.1 Å². The maximum absolute atomic E-state index is 5.86. The van der Waals surface area contributed by atoms with Gasteiger partial charge in [-0.1, -0.05) is 50.3 Å². The number of hydrogen-bond acceptors (Lipinski definition) is 3. The lowest BCUT2D eigenvalue weighted by molar-refractivity contribution is 0.606. The average molecular weight is 260 g/mol. The summed E-state index contributed by atoms with van der Waals surface area (Å²) in [6.45, 7) is 2.79. The second-order valence-electron chi connectivity index (χ2n) is 5.13. The van der Waals surface area contributed by atoms with Crippen molar-refractivity contribution < 1.29 is 0 Å². The van der Waals surface area contributed by atoms with Gasteiger partial charge in [0, 0.05) is 6.54 Å². The van der Waals surface area contributed by atoms with Gasteiger partial charge < -0.3 is 5.73 Å². The molecule has 1 heterocycles. The van der Waals surface area contributed by atoms with Crippen LogP contribution in [0.3, 0.4) is 0 Å². The summed E-state index contributed by atoms with van der Waals surface area (Å²) in [5, 5.41) is 10.9. The highest BCUT2D eigenvalue weighted by Crippen LogP contribution is 2.20. The second kappa shape index (κ2) is 7.24. The summed E-state index contributed by atoms with van der Waals surface area (Å²) in [5.41, 5.74) is 10.3. The van der Waals surface area contributed by atoms with Crippen LogP contribution in [-0.2, 0) is 13.0 Å². The third-order valence-corrected chi connectivity index (χ3v) is 3.70. The van der Waals surface area contributed by atoms with Gasteiger partial charge in [0.05, 0.1) is 5.52 Å². The summed E-state index contributed by atoms with van der Waals surface area (Å²) in [4.78, 5) is 0. The first-order valence-corrected chi connectivity index (χ1v) is 7.38. The molecule has 4 nitrogen and oxygen atoms in total. The van der Waals surface area contributed by atoms with E-state index in [0.29, 0.717) is 6.54 Å². The third kappa shape index (κ3) is 3.53. The number of nitrogens with zero attached hydrogens (tertiary/aromatic N) is 2. The molecule has 2 aromatic rings. The van der Waals surface area contributed by atoms with Crippen molar-refractivity contribution in [1.29, 1.82) is 0 Å². The number of aryl methyl sites for hydroxylation is 1. The first-order chi connectivity index (χ1) is 9.36. The summed E-state index contributed by atoms with van der Waals surface area (Å²) < 4.78 is 0. The lowest BCUT2D eigenvalue weighted by Gasteiger charge is -2.08. The van der Waals surface area contributed by atoms with Crippen LogP contribution in [0.1, 0.15) is 56.6 Å². The highest BCUT2D eigenvalue weighted by molar-refractivity contribution is 5.78. The number of aromatic nitrogens is 3. The molecule has 2 rings (SSSR count). The fourth-order valence-electron chi connectivity index (χ4n) is 2.57. The molecule has 0 aliphatic rings. The van der Waals surface area contributed by atoms with Crippen molar-refractivity contribution in [3.8, 4) is 0 Å². The number of nitrogens with one attached hydrogen (secondary N) is 1. The van der Waals surface area contributed by atoms with Gasteiger partial charge in [-0.3, -0.25) is 5.10 Å². The van der Waals surface area contributed by atoms with Crippen LogP contribution in [0, 0.1) is 0 Å². The fourth-order valence-corrected chi connectivity index (χ4v) is 2.57. The number of H-pyrrole nitrogens is 1. The minimum absolute atomic E-state index is 0.537. The zero-order valence-corrected chi connectivity index (χ0v) is 11.8. The Labute approximate surface area is 114 Å². The molecular weight excluding hydrogens is 236 g/mol. The molecule has 0 fully saturated rings. The van der Waals surface area contributed by atoms with E-state index in [1.54, 1.807) is 0 Å². The molecule has 0 amide bonds. The van der Waals surface area contributed by atoms with Gasteiger partial charge in [0.2, 0.25) is 0 Å². The molecule has 3 N–H and O–H groups in total. The van der Waals surface area contributed by atoms with E-state index in [4.69, 9.17) is 5.73 Å². The summed E-state index contributed by atoms with van der Waals surface area (Å²) in [5.74, 6) is 0. The topological polar surface area (TPSA) is 67.6 Å². The summed E-state index contributed by atoms with van der Waals surface area (Å²) in [6.07, 6.45) is 9.02. The van der Waals surface area contributed by atoms with Gasteiger partial charge in [0.1, 0.15) is 5.52 Å². The zero-order chi connectivity index (χ0) is 13.5. The summed E-state index contributed by atoms with van der Waals surface area (Å²) in [6, 6.07) is 4.22. The monoisotopic (exact) mass is 260 g/mol. The minimum Gasteiger partial charge on any atom is -0.326 e. The van der Waals surface area contributed by atoms with E-state index >= 15 is 0 Å². The number of nitrogens with two attached hydrogens (primary N) is 1. The predicted octanol–water partition coefficient (Wildman–Crippen LogP) is 3.32. The molecule has 0 aliphatic carbocycles. The number of unbranched alkanes of at least 4 members (excludes halogenated alkanes) is 5. The van der Waals surface area contributed by atoms with Crippen LogP contribution < -0.4 is 5.73 Å². The SMILES string of the molecule is CCCCCCCCc1ccc2[nH]nnc2c1CN. The van der Waals surface area contributed by atoms with Crippen molar-refractivity contribution in [3.63, 3.8) is 0 Å². The van der Waals surface area contributed by atoms with Crippen LogP contribution in [0.2, 0.25) is 0 Å². The Hall–Kier alpha value is -1.42. The molecular formula is C15H24N4. The molecule has 104 valence electrons. The Morgan fingerprint density at radius 1 is 1.11 bits per heavy atom. The van der Waals surface area contributed by atoms with E-state index < -0.39 is 0 Å². The van der Waals surface area contributed by atoms with Gasteiger partial charge in [0.25, 0.3) is 0 Å². The van der Waals surface area contributed by atoms with Crippen LogP contribution >= 0.6 is 0 Å². The molecule has 1 aromatic heterocycles. The highest BCUT2D eigenvalue weighted by atomic mass is 15.3. The first kappa shape index (κ1) is 14.0. The number of aromatic amines is 1. The minimum atomic E-state index is 0.537. The van der Waals surface area contributed by atoms with Gasteiger partial charge >= 0.3 is 0 Å². The van der Waals surface area contributed by atoms with Crippen LogP contribution in [0.5, 0.6) is 0 Å². The third-order valence-electron chi connectivity index (χ3n) is 3.70. The largest absolute Gasteiger partial charge is 0.326 e. The number of rotatable bonds is 8. The van der Waals surface area contributed by atoms with Crippen molar-refractivity contribution in [2.24, 2.45) is 5.73 Å². The van der Waals surface area contributed by atoms with Crippen LogP contribution in [0.15, 0.2) is 12.1 Å². The smallest absolute Gasteiger partial charge is 0.117 e. The Morgan fingerprint density at radius 2 is 1.89 bits per heavy atom. The van der Waals surface area contributed by atoms with Gasteiger partial charge in [-0.15, -0.1) is 5.10 Å². The Kier molecular flexibility index (Phi) is 5.33. The molecule has 0 radical (unpaired) electrons. The molecule has 0 aliphatic heterocycles. The van der Waals surface area contributed by atoms with Crippen molar-refractivity contribution >= 4 is 11.0 Å². The molecule has 19 heavy (non-hydrogen) atoms. The molecule has 0 atom stereocenters. The maximum atomic E-state index is 5.86. The Bertz CT molecular complexity index is 504. The lowest BCUT2D eigenvalue weighted by atomic mass is 9.99. The van der Waals surface area contributed by atoms with Crippen LogP contribution in [0.4, 0.5) is 0 Å². The molecule has 0 saturated carbocycles. The average Bonchev–Trinajstić information content (AvgIpc) is 2.90. The quantitative estimate of drug-likeness (QED) is 0.715. The van der Waals surface area contributed by atoms with E-state index in [2.05, 4.69) is 34.5 Å². The van der Waals surface area contributed by atoms with E-state index in [0.717, 1.165) is 23.0 Å². The standard InChI is InChI=1S/C15H24N4/c1-2-3-4-5-6-7-8-12-9-10-14-15(13(12)11-16)18-19-17-14/h9-10H,2-8,11,16H2,1H3,(H,17,18,19). The number of benzene rings is 1. The Balaban J connectivity index is 1.92. The summed E-state index contributed by atoms with van der Waals surface area (Å²) in [7, 11) is 0. The van der Waals surface area contributed by atoms with Gasteiger partial charge in [-0.25, -0.2) is 0 Å². The van der Waals surface area contributed by atoms with Crippen LogP contribution in [-0.4, -0.2) is 15.4 Å². The maximum Gasteiger partial charge on any atom is 0.117 e. The van der Waals surface area contributed by atoms with Gasteiger partial charge in [0.15, 0.2) is 0 Å². The molecule has 1 aromatic carbocycles. The lowest BCUT2D eigenvalue weighted by Crippen LogP contribution is -2.03. The molecule has 0 saturated heterocycles. The van der Waals surface area contributed by atoms with Crippen molar-refractivity contribution in [2.45, 2.75) is 58.4 Å². The number of fused-ring (bicyclic) bond motifs is 1. The van der Waals surface area contributed by atoms with E-state index in [1.807, 2.05) is 0 Å². The highest BCUT2D eigenvalue weighted by Gasteiger charge is 2.08. The molecule has 0 unspecified atom stereocenters. The van der Waals surface area contributed by atoms with Crippen molar-refractivity contribution in [1.82, 2.24) is 15.4 Å². The predicted molar refractivity (Wildman–Crippen MR) is 78.9 cm³/mol. The van der Waals surface area contributed by atoms with Gasteiger partial charge in [-0.05, 0) is 30.0 Å². The Morgan fingerprint density at radius 3 is 2.68 bits per heavy atom. The van der Waals surface area contributed by atoms with Crippen molar-refractivity contribution in [2.75, 3.05) is 0 Å². The normalized spacial score (nSPS) is 11.3. The van der Waals surface area contributed by atoms with Crippen molar-refractivity contribution in [3.05, 3.63) is 23.3 Å². The van der Waals surface area contributed by atoms with Gasteiger partial charge in [-0.2, -0.15) is 0 Å². The van der Waals surface area contributed by atoms with Crippen LogP contribution in [0.25, 0.3) is 11.0 Å². The number of hydrogen-bond donors (Lipinski definition) is 2. The summed E-state index contributed by atoms with van der Waals surface area (Å²) >= 11 is 0. The molecule has 0 spiro atoms. The van der Waals surface area contributed by atoms with E-state index in [9.17, 15) is 0 Å². The molecule has 0 bridgehead atoms. The zero-order valence-electron chi connectivity index (χ0n) is 11.8.